The Balaban J connectivity index is 2.53. The summed E-state index contributed by atoms with van der Waals surface area (Å²) >= 11 is 0. The van der Waals surface area contributed by atoms with E-state index in [-0.39, 0.29) is 6.54 Å². The molecule has 7 nitrogen and oxygen atoms in total. The molecule has 1 N–H and O–H groups in total. The van der Waals surface area contributed by atoms with Crippen molar-refractivity contribution in [3.63, 3.8) is 0 Å². The number of aromatic nitrogens is 2. The average Bonchev–Trinajstić information content (AvgIpc) is 2.99. The van der Waals surface area contributed by atoms with Crippen molar-refractivity contribution < 1.29 is 31.7 Å². The maximum atomic E-state index is 13.6. The number of halogens is 5. The monoisotopic (exact) mass is 350 g/mol. The van der Waals surface area contributed by atoms with Gasteiger partial charge >= 0.3 is 5.69 Å². The molecule has 0 bridgehead atoms. The first-order chi connectivity index (χ1) is 11.2. The maximum absolute atomic E-state index is 13.6. The van der Waals surface area contributed by atoms with Crippen LogP contribution in [0.2, 0.25) is 0 Å². The highest BCUT2D eigenvalue weighted by atomic mass is 19.2. The molecular weight excluding hydrogens is 343 g/mol. The van der Waals surface area contributed by atoms with Gasteiger partial charge in [-0.3, -0.25) is 19.6 Å². The number of nitrogens with zero attached hydrogens (tertiary/aromatic N) is 3. The molecule has 2 aromatic rings. The number of amides is 1. The zero-order valence-corrected chi connectivity index (χ0v) is 11.7. The summed E-state index contributed by atoms with van der Waals surface area (Å²) in [6.07, 6.45) is 0.719. The fraction of sp³-hybridized carbons (Fsp3) is 0.167. The van der Waals surface area contributed by atoms with Crippen LogP contribution >= 0.6 is 0 Å². The number of aryl methyl sites for hydroxylation is 1. The van der Waals surface area contributed by atoms with Gasteiger partial charge in [-0.25, -0.2) is 22.0 Å². The van der Waals surface area contributed by atoms with Crippen LogP contribution in [0.3, 0.4) is 0 Å². The van der Waals surface area contributed by atoms with Crippen molar-refractivity contribution in [3.05, 3.63) is 51.1 Å². The van der Waals surface area contributed by atoms with E-state index in [1.807, 2.05) is 0 Å². The Morgan fingerprint density at radius 2 is 1.67 bits per heavy atom. The van der Waals surface area contributed by atoms with E-state index >= 15 is 0 Å². The van der Waals surface area contributed by atoms with Crippen LogP contribution in [0.25, 0.3) is 0 Å². The molecule has 1 aromatic heterocycles. The Kier molecular flexibility index (Phi) is 4.48. The summed E-state index contributed by atoms with van der Waals surface area (Å²) in [7, 11) is 0. The van der Waals surface area contributed by atoms with E-state index in [4.69, 9.17) is 0 Å². The van der Waals surface area contributed by atoms with Crippen molar-refractivity contribution >= 4 is 17.3 Å². The van der Waals surface area contributed by atoms with Crippen LogP contribution < -0.4 is 5.32 Å². The minimum absolute atomic E-state index is 0.0201. The van der Waals surface area contributed by atoms with Crippen molar-refractivity contribution in [2.24, 2.45) is 0 Å². The Hall–Kier alpha value is -3.05. The van der Waals surface area contributed by atoms with Gasteiger partial charge in [-0.15, -0.1) is 0 Å². The lowest BCUT2D eigenvalue weighted by molar-refractivity contribution is -0.385. The number of nitro groups is 1. The summed E-state index contributed by atoms with van der Waals surface area (Å²) in [4.78, 5) is 21.9. The van der Waals surface area contributed by atoms with Gasteiger partial charge in [-0.05, 0) is 6.92 Å². The Bertz CT molecular complexity index is 823. The molecule has 12 heteroatoms. The largest absolute Gasteiger partial charge is 0.320 e. The second-order valence-corrected chi connectivity index (χ2v) is 4.35. The van der Waals surface area contributed by atoms with Crippen LogP contribution in [0, 0.1) is 39.2 Å². The lowest BCUT2D eigenvalue weighted by atomic mass is 10.2. The summed E-state index contributed by atoms with van der Waals surface area (Å²) in [6, 6.07) is 0. The van der Waals surface area contributed by atoms with Gasteiger partial charge < -0.3 is 5.32 Å². The van der Waals surface area contributed by atoms with Crippen molar-refractivity contribution in [3.8, 4) is 0 Å². The van der Waals surface area contributed by atoms with Gasteiger partial charge in [0.05, 0.1) is 4.92 Å². The predicted octanol–water partition coefficient (Wildman–Crippen LogP) is 2.76. The normalized spacial score (nSPS) is 10.8. The zero-order chi connectivity index (χ0) is 18.2. The highest BCUT2D eigenvalue weighted by Crippen LogP contribution is 2.28. The molecular formula is C12H7F5N4O3. The van der Waals surface area contributed by atoms with E-state index in [1.165, 1.54) is 12.2 Å². The average molecular weight is 350 g/mol. The summed E-state index contributed by atoms with van der Waals surface area (Å²) < 4.78 is 67.1. The lowest BCUT2D eigenvalue weighted by Gasteiger charge is -2.10. The zero-order valence-electron chi connectivity index (χ0n) is 11.7. The van der Waals surface area contributed by atoms with E-state index in [9.17, 15) is 36.9 Å². The first kappa shape index (κ1) is 17.3. The molecule has 0 spiro atoms. The van der Waals surface area contributed by atoms with Crippen molar-refractivity contribution in [2.45, 2.75) is 13.5 Å². The minimum Gasteiger partial charge on any atom is -0.315 e. The molecule has 1 aromatic carbocycles. The van der Waals surface area contributed by atoms with E-state index in [0.717, 1.165) is 10.9 Å². The first-order valence-electron chi connectivity index (χ1n) is 6.23. The van der Waals surface area contributed by atoms with Crippen LogP contribution in [0.5, 0.6) is 0 Å². The lowest BCUT2D eigenvalue weighted by Crippen LogP contribution is -2.21. The number of anilines is 1. The van der Waals surface area contributed by atoms with Crippen LogP contribution in [0.1, 0.15) is 17.4 Å². The van der Waals surface area contributed by atoms with Crippen LogP contribution in [0.15, 0.2) is 6.20 Å². The molecule has 1 amide bonds. The van der Waals surface area contributed by atoms with Gasteiger partial charge in [0.2, 0.25) is 11.5 Å². The van der Waals surface area contributed by atoms with E-state index in [2.05, 4.69) is 5.10 Å². The molecule has 0 atom stereocenters. The minimum atomic E-state index is -2.40. The van der Waals surface area contributed by atoms with Gasteiger partial charge in [0.25, 0.3) is 5.91 Å². The van der Waals surface area contributed by atoms with Gasteiger partial charge in [-0.2, -0.15) is 5.10 Å². The highest BCUT2D eigenvalue weighted by Gasteiger charge is 2.31. The molecule has 24 heavy (non-hydrogen) atoms. The molecule has 0 saturated carbocycles. The summed E-state index contributed by atoms with van der Waals surface area (Å²) in [5.74, 6) is -12.9. The molecule has 0 aliphatic carbocycles. The number of rotatable bonds is 4. The Morgan fingerprint density at radius 3 is 2.12 bits per heavy atom. The summed E-state index contributed by atoms with van der Waals surface area (Å²) in [6.45, 7) is 1.44. The number of hydrogen-bond acceptors (Lipinski definition) is 4. The third-order valence-corrected chi connectivity index (χ3v) is 2.98. The van der Waals surface area contributed by atoms with Crippen molar-refractivity contribution in [1.82, 2.24) is 9.78 Å². The van der Waals surface area contributed by atoms with Crippen LogP contribution in [0.4, 0.5) is 33.3 Å². The maximum Gasteiger partial charge on any atom is 0.320 e. The Labute approximate surface area is 129 Å². The quantitative estimate of drug-likeness (QED) is 0.302. The number of benzene rings is 1. The third kappa shape index (κ3) is 2.66. The summed E-state index contributed by atoms with van der Waals surface area (Å²) in [5.41, 5.74) is -3.11. The van der Waals surface area contributed by atoms with Crippen LogP contribution in [-0.4, -0.2) is 20.6 Å². The van der Waals surface area contributed by atoms with Crippen molar-refractivity contribution in [2.75, 3.05) is 5.32 Å². The smallest absolute Gasteiger partial charge is 0.315 e. The van der Waals surface area contributed by atoms with E-state index < -0.39 is 57.0 Å². The number of hydrogen-bond donors (Lipinski definition) is 1. The van der Waals surface area contributed by atoms with Gasteiger partial charge in [0, 0.05) is 6.54 Å². The summed E-state index contributed by atoms with van der Waals surface area (Å²) in [5, 5.41) is 15.8. The molecule has 0 aliphatic heterocycles. The van der Waals surface area contributed by atoms with Gasteiger partial charge in [-0.1, -0.05) is 0 Å². The molecule has 1 heterocycles. The SMILES string of the molecule is CCn1ncc([N+](=O)[O-])c1C(=O)Nc1c(F)c(F)c(F)c(F)c1F. The van der Waals surface area contributed by atoms with Gasteiger partial charge in [0.15, 0.2) is 23.3 Å². The van der Waals surface area contributed by atoms with Crippen molar-refractivity contribution in [1.29, 1.82) is 0 Å². The second kappa shape index (κ2) is 6.22. The topological polar surface area (TPSA) is 90.1 Å². The molecule has 0 unspecified atom stereocenters. The molecule has 128 valence electrons. The van der Waals surface area contributed by atoms with E-state index in [0.29, 0.717) is 0 Å². The van der Waals surface area contributed by atoms with E-state index in [1.54, 1.807) is 0 Å². The number of carbonyl (C=O) groups excluding carboxylic acids is 1. The molecule has 2 rings (SSSR count). The molecule has 0 aliphatic rings. The highest BCUT2D eigenvalue weighted by molar-refractivity contribution is 6.05. The molecule has 0 fully saturated rings. The molecule has 0 radical (unpaired) electrons. The fourth-order valence-electron chi connectivity index (χ4n) is 1.87. The number of carbonyl (C=O) groups is 1. The first-order valence-corrected chi connectivity index (χ1v) is 6.23. The Morgan fingerprint density at radius 1 is 1.17 bits per heavy atom. The number of nitrogens with one attached hydrogen (secondary N) is 1. The predicted molar refractivity (Wildman–Crippen MR) is 68.7 cm³/mol. The standard InChI is InChI=1S/C12H7F5N4O3/c1-2-20-11(4(3-18-20)21(23)24)12(22)19-10-8(16)6(14)5(13)7(15)9(10)17/h3H,2H2,1H3,(H,19,22). The van der Waals surface area contributed by atoms with Gasteiger partial charge in [0.1, 0.15) is 11.9 Å². The van der Waals surface area contributed by atoms with Crippen LogP contribution in [-0.2, 0) is 6.54 Å². The third-order valence-electron chi connectivity index (χ3n) is 2.98. The fourth-order valence-corrected chi connectivity index (χ4v) is 1.87. The molecule has 0 saturated heterocycles. The second-order valence-electron chi connectivity index (χ2n) is 4.35.